The minimum Gasteiger partial charge on any atom is -0.481 e. The zero-order valence-electron chi connectivity index (χ0n) is 14.7. The van der Waals surface area contributed by atoms with E-state index >= 15 is 0 Å². The molecule has 0 aliphatic carbocycles. The number of hydrogen-bond donors (Lipinski definition) is 1. The molecular weight excluding hydrogens is 427 g/mol. The first-order valence-corrected chi connectivity index (χ1v) is 8.29. The number of likely N-dealkylation sites (tertiary alicyclic amines) is 1. The molecule has 1 aromatic heterocycles. The van der Waals surface area contributed by atoms with Gasteiger partial charge in [0, 0.05) is 44.9 Å². The summed E-state index contributed by atoms with van der Waals surface area (Å²) in [5.74, 6) is 2.16. The number of hydrogen-bond acceptors (Lipinski definition) is 3. The van der Waals surface area contributed by atoms with Gasteiger partial charge in [-0.05, 0) is 17.5 Å². The lowest BCUT2D eigenvalue weighted by Gasteiger charge is -2.22. The molecule has 2 heterocycles. The Balaban J connectivity index is 0.00000225. The van der Waals surface area contributed by atoms with Gasteiger partial charge in [-0.1, -0.05) is 36.4 Å². The SMILES string of the molecule is CN=C(NCc1ccc(OC)nc1)N1CCC(c2ccccc2)C1.I. The number of nitrogens with zero attached hydrogens (tertiary/aromatic N) is 3. The predicted molar refractivity (Wildman–Crippen MR) is 112 cm³/mol. The van der Waals surface area contributed by atoms with Crippen LogP contribution in [0.15, 0.2) is 53.7 Å². The van der Waals surface area contributed by atoms with E-state index in [1.54, 1.807) is 7.11 Å². The highest BCUT2D eigenvalue weighted by atomic mass is 127. The summed E-state index contributed by atoms with van der Waals surface area (Å²) in [5, 5.41) is 3.43. The van der Waals surface area contributed by atoms with Crippen molar-refractivity contribution in [2.24, 2.45) is 4.99 Å². The van der Waals surface area contributed by atoms with E-state index in [0.29, 0.717) is 18.3 Å². The van der Waals surface area contributed by atoms with Gasteiger partial charge in [0.15, 0.2) is 5.96 Å². The highest BCUT2D eigenvalue weighted by molar-refractivity contribution is 14.0. The second kappa shape index (κ2) is 9.60. The van der Waals surface area contributed by atoms with Crippen LogP contribution in [-0.2, 0) is 6.54 Å². The summed E-state index contributed by atoms with van der Waals surface area (Å²) < 4.78 is 5.09. The molecule has 5 nitrogen and oxygen atoms in total. The Kier molecular flexibility index (Phi) is 7.49. The smallest absolute Gasteiger partial charge is 0.212 e. The van der Waals surface area contributed by atoms with Crippen LogP contribution < -0.4 is 10.1 Å². The minimum atomic E-state index is 0. The number of halogens is 1. The Bertz CT molecular complexity index is 676. The van der Waals surface area contributed by atoms with Gasteiger partial charge < -0.3 is 15.0 Å². The summed E-state index contributed by atoms with van der Waals surface area (Å²) in [7, 11) is 3.46. The molecular formula is C19H25IN4O. The fraction of sp³-hybridized carbons (Fsp3) is 0.368. The van der Waals surface area contributed by atoms with Crippen molar-refractivity contribution < 1.29 is 4.74 Å². The monoisotopic (exact) mass is 452 g/mol. The van der Waals surface area contributed by atoms with Crippen molar-refractivity contribution in [1.82, 2.24) is 15.2 Å². The van der Waals surface area contributed by atoms with Crippen LogP contribution >= 0.6 is 24.0 Å². The number of rotatable bonds is 4. The number of guanidine groups is 1. The number of aromatic nitrogens is 1. The molecule has 0 bridgehead atoms. The third kappa shape index (κ3) is 5.07. The second-order valence-corrected chi connectivity index (χ2v) is 5.95. The third-order valence-electron chi connectivity index (χ3n) is 4.43. The Labute approximate surface area is 166 Å². The molecule has 25 heavy (non-hydrogen) atoms. The lowest BCUT2D eigenvalue weighted by atomic mass is 9.99. The quantitative estimate of drug-likeness (QED) is 0.440. The van der Waals surface area contributed by atoms with Crippen molar-refractivity contribution in [3.63, 3.8) is 0 Å². The normalized spacial score (nSPS) is 17.1. The molecule has 1 atom stereocenters. The van der Waals surface area contributed by atoms with Gasteiger partial charge in [-0.2, -0.15) is 0 Å². The first-order valence-electron chi connectivity index (χ1n) is 8.29. The summed E-state index contributed by atoms with van der Waals surface area (Å²) in [6, 6.07) is 14.6. The van der Waals surface area contributed by atoms with E-state index < -0.39 is 0 Å². The number of pyridine rings is 1. The molecule has 1 saturated heterocycles. The Morgan fingerprint density at radius 3 is 2.72 bits per heavy atom. The molecule has 0 saturated carbocycles. The van der Waals surface area contributed by atoms with E-state index in [-0.39, 0.29) is 24.0 Å². The van der Waals surface area contributed by atoms with E-state index in [0.717, 1.165) is 31.0 Å². The predicted octanol–water partition coefficient (Wildman–Crippen LogP) is 3.27. The topological polar surface area (TPSA) is 49.8 Å². The van der Waals surface area contributed by atoms with Gasteiger partial charge in [0.2, 0.25) is 5.88 Å². The fourth-order valence-electron chi connectivity index (χ4n) is 3.10. The summed E-state index contributed by atoms with van der Waals surface area (Å²) in [4.78, 5) is 11.0. The van der Waals surface area contributed by atoms with Gasteiger partial charge >= 0.3 is 0 Å². The summed E-state index contributed by atoms with van der Waals surface area (Å²) in [6.45, 7) is 2.74. The van der Waals surface area contributed by atoms with Crippen LogP contribution in [0.2, 0.25) is 0 Å². The van der Waals surface area contributed by atoms with Crippen LogP contribution in [0.1, 0.15) is 23.5 Å². The Hall–Kier alpha value is -1.83. The van der Waals surface area contributed by atoms with E-state index in [9.17, 15) is 0 Å². The molecule has 0 radical (unpaired) electrons. The zero-order chi connectivity index (χ0) is 16.8. The van der Waals surface area contributed by atoms with E-state index in [2.05, 4.69) is 50.5 Å². The van der Waals surface area contributed by atoms with E-state index in [1.807, 2.05) is 25.4 Å². The molecule has 1 aromatic carbocycles. The van der Waals surface area contributed by atoms with Crippen molar-refractivity contribution in [1.29, 1.82) is 0 Å². The zero-order valence-corrected chi connectivity index (χ0v) is 17.0. The standard InChI is InChI=1S/C19H24N4O.HI/c1-20-19(22-13-15-8-9-18(24-2)21-12-15)23-11-10-17(14-23)16-6-4-3-5-7-16;/h3-9,12,17H,10-11,13-14H2,1-2H3,(H,20,22);1H. The molecule has 1 N–H and O–H groups in total. The largest absolute Gasteiger partial charge is 0.481 e. The molecule has 1 unspecified atom stereocenters. The Morgan fingerprint density at radius 1 is 1.28 bits per heavy atom. The van der Waals surface area contributed by atoms with Crippen LogP contribution in [0, 0.1) is 0 Å². The van der Waals surface area contributed by atoms with Crippen molar-refractivity contribution in [2.75, 3.05) is 27.2 Å². The number of methoxy groups -OCH3 is 1. The van der Waals surface area contributed by atoms with E-state index in [1.165, 1.54) is 5.56 Å². The first kappa shape index (κ1) is 19.5. The first-order chi connectivity index (χ1) is 11.8. The van der Waals surface area contributed by atoms with Crippen molar-refractivity contribution >= 4 is 29.9 Å². The van der Waals surface area contributed by atoms with Gasteiger partial charge in [0.25, 0.3) is 0 Å². The number of nitrogens with one attached hydrogen (secondary N) is 1. The summed E-state index contributed by atoms with van der Waals surface area (Å²) >= 11 is 0. The van der Waals surface area contributed by atoms with Crippen LogP contribution in [0.3, 0.4) is 0 Å². The van der Waals surface area contributed by atoms with Gasteiger partial charge in [0.05, 0.1) is 7.11 Å². The highest BCUT2D eigenvalue weighted by Crippen LogP contribution is 2.26. The van der Waals surface area contributed by atoms with Gasteiger partial charge in [0.1, 0.15) is 0 Å². The van der Waals surface area contributed by atoms with E-state index in [4.69, 9.17) is 4.74 Å². The van der Waals surface area contributed by atoms with Crippen molar-refractivity contribution in [2.45, 2.75) is 18.9 Å². The lowest BCUT2D eigenvalue weighted by molar-refractivity contribution is 0.397. The molecule has 1 fully saturated rings. The Morgan fingerprint density at radius 2 is 2.08 bits per heavy atom. The molecule has 1 aliphatic heterocycles. The number of aliphatic imine (C=N–C) groups is 1. The minimum absolute atomic E-state index is 0. The van der Waals surface area contributed by atoms with Crippen LogP contribution in [0.4, 0.5) is 0 Å². The molecule has 0 spiro atoms. The number of benzene rings is 1. The maximum atomic E-state index is 5.09. The lowest BCUT2D eigenvalue weighted by Crippen LogP contribution is -2.39. The van der Waals surface area contributed by atoms with Crippen molar-refractivity contribution in [3.05, 3.63) is 59.8 Å². The highest BCUT2D eigenvalue weighted by Gasteiger charge is 2.25. The fourth-order valence-corrected chi connectivity index (χ4v) is 3.10. The number of ether oxygens (including phenoxy) is 1. The molecule has 6 heteroatoms. The average molecular weight is 452 g/mol. The molecule has 134 valence electrons. The summed E-state index contributed by atoms with van der Waals surface area (Å²) in [6.07, 6.45) is 2.99. The van der Waals surface area contributed by atoms with Crippen molar-refractivity contribution in [3.8, 4) is 5.88 Å². The molecule has 2 aromatic rings. The average Bonchev–Trinajstić information content (AvgIpc) is 3.13. The maximum absolute atomic E-state index is 5.09. The maximum Gasteiger partial charge on any atom is 0.212 e. The van der Waals surface area contributed by atoms with Gasteiger partial charge in [-0.25, -0.2) is 4.98 Å². The summed E-state index contributed by atoms with van der Waals surface area (Å²) in [5.41, 5.74) is 2.52. The van der Waals surface area contributed by atoms with Crippen LogP contribution in [0.25, 0.3) is 0 Å². The van der Waals surface area contributed by atoms with Gasteiger partial charge in [-0.3, -0.25) is 4.99 Å². The van der Waals surface area contributed by atoms with Crippen LogP contribution in [-0.4, -0.2) is 43.1 Å². The van der Waals surface area contributed by atoms with Gasteiger partial charge in [-0.15, -0.1) is 24.0 Å². The molecule has 3 rings (SSSR count). The third-order valence-corrected chi connectivity index (χ3v) is 4.43. The molecule has 1 aliphatic rings. The van der Waals surface area contributed by atoms with Crippen LogP contribution in [0.5, 0.6) is 5.88 Å². The molecule has 0 amide bonds. The second-order valence-electron chi connectivity index (χ2n) is 5.95.